The van der Waals surface area contributed by atoms with Crippen LogP contribution in [0.3, 0.4) is 0 Å². The average molecular weight is 257 g/mol. The second-order valence-corrected chi connectivity index (χ2v) is 5.33. The normalized spacial score (nSPS) is 25.1. The summed E-state index contributed by atoms with van der Waals surface area (Å²) in [5.41, 5.74) is 2.48. The molecule has 1 aliphatic heterocycles. The van der Waals surface area contributed by atoms with Crippen LogP contribution in [0.2, 0.25) is 0 Å². The van der Waals surface area contributed by atoms with Gasteiger partial charge in [0, 0.05) is 30.1 Å². The molecule has 1 saturated heterocycles. The first-order valence-electron chi connectivity index (χ1n) is 6.36. The maximum absolute atomic E-state index is 6.18. The molecule has 96 valence electrons. The molecule has 0 radical (unpaired) electrons. The number of nitrogens with zero attached hydrogens (tertiary/aromatic N) is 2. The van der Waals surface area contributed by atoms with Crippen molar-refractivity contribution in [1.29, 1.82) is 0 Å². The third-order valence-corrected chi connectivity index (χ3v) is 4.10. The molecule has 2 heterocycles. The van der Waals surface area contributed by atoms with Crippen LogP contribution in [0, 0.1) is 12.3 Å². The van der Waals surface area contributed by atoms with Gasteiger partial charge in [-0.25, -0.2) is 0 Å². The summed E-state index contributed by atoms with van der Waals surface area (Å²) in [4.78, 5) is 0. The lowest BCUT2D eigenvalue weighted by atomic mass is 9.80. The Morgan fingerprint density at radius 3 is 3.00 bits per heavy atom. The van der Waals surface area contributed by atoms with Crippen LogP contribution >= 0.6 is 11.6 Å². The maximum Gasteiger partial charge on any atom is 0.0596 e. The van der Waals surface area contributed by atoms with Gasteiger partial charge in [0.15, 0.2) is 0 Å². The van der Waals surface area contributed by atoms with Crippen LogP contribution in [0.1, 0.15) is 31.2 Å². The van der Waals surface area contributed by atoms with Gasteiger partial charge >= 0.3 is 0 Å². The molecule has 1 atom stereocenters. The molecule has 1 unspecified atom stereocenters. The third-order valence-electron chi connectivity index (χ3n) is 3.53. The number of aromatic nitrogens is 2. The molecule has 17 heavy (non-hydrogen) atoms. The molecule has 2 rings (SSSR count). The van der Waals surface area contributed by atoms with E-state index in [4.69, 9.17) is 16.3 Å². The van der Waals surface area contributed by atoms with Crippen LogP contribution in [-0.2, 0) is 17.7 Å². The van der Waals surface area contributed by atoms with Gasteiger partial charge in [0.05, 0.1) is 12.3 Å². The van der Waals surface area contributed by atoms with Crippen LogP contribution in [0.4, 0.5) is 0 Å². The Hall–Kier alpha value is -0.540. The summed E-state index contributed by atoms with van der Waals surface area (Å²) in [6.45, 7) is 6.75. The molecule has 1 aromatic rings. The van der Waals surface area contributed by atoms with E-state index < -0.39 is 0 Å². The largest absolute Gasteiger partial charge is 0.381 e. The monoisotopic (exact) mass is 256 g/mol. The zero-order chi connectivity index (χ0) is 12.3. The molecule has 3 nitrogen and oxygen atoms in total. The maximum atomic E-state index is 6.18. The zero-order valence-electron chi connectivity index (χ0n) is 10.7. The Kier molecular flexibility index (Phi) is 4.10. The quantitative estimate of drug-likeness (QED) is 0.775. The molecule has 4 heteroatoms. The van der Waals surface area contributed by atoms with E-state index in [1.807, 2.05) is 6.92 Å². The van der Waals surface area contributed by atoms with Crippen molar-refractivity contribution >= 4 is 11.6 Å². The van der Waals surface area contributed by atoms with Crippen molar-refractivity contribution in [2.24, 2.45) is 5.41 Å². The Balaban J connectivity index is 2.16. The first-order chi connectivity index (χ1) is 8.19. The molecule has 0 bridgehead atoms. The highest BCUT2D eigenvalue weighted by Gasteiger charge is 2.33. The van der Waals surface area contributed by atoms with Gasteiger partial charge in [0.25, 0.3) is 0 Å². The lowest BCUT2D eigenvalue weighted by molar-refractivity contribution is 0.00381. The van der Waals surface area contributed by atoms with Crippen molar-refractivity contribution in [2.75, 3.05) is 19.1 Å². The molecule has 0 saturated carbocycles. The van der Waals surface area contributed by atoms with Crippen LogP contribution in [0.5, 0.6) is 0 Å². The van der Waals surface area contributed by atoms with Crippen LogP contribution in [0.15, 0.2) is 6.07 Å². The Morgan fingerprint density at radius 1 is 1.59 bits per heavy atom. The third kappa shape index (κ3) is 2.83. The Bertz CT molecular complexity index is 369. The molecule has 0 spiro atoms. The number of aryl methyl sites for hydroxylation is 2. The van der Waals surface area contributed by atoms with Gasteiger partial charge in [-0.2, -0.15) is 5.10 Å². The van der Waals surface area contributed by atoms with Gasteiger partial charge in [0.1, 0.15) is 0 Å². The smallest absolute Gasteiger partial charge is 0.0596 e. The summed E-state index contributed by atoms with van der Waals surface area (Å²) in [6, 6.07) is 2.17. The predicted octanol–water partition coefficient (Wildman–Crippen LogP) is 2.79. The number of hydrogen-bond acceptors (Lipinski definition) is 2. The Labute approximate surface area is 108 Å². The second-order valence-electron chi connectivity index (χ2n) is 5.06. The number of alkyl halides is 1. The van der Waals surface area contributed by atoms with E-state index in [1.54, 1.807) is 0 Å². The first-order valence-corrected chi connectivity index (χ1v) is 6.89. The fourth-order valence-electron chi connectivity index (χ4n) is 2.60. The fourth-order valence-corrected chi connectivity index (χ4v) is 2.91. The second kappa shape index (κ2) is 5.40. The molecular formula is C13H21ClN2O. The minimum absolute atomic E-state index is 0.110. The van der Waals surface area contributed by atoms with E-state index >= 15 is 0 Å². The van der Waals surface area contributed by atoms with E-state index in [9.17, 15) is 0 Å². The molecule has 0 aromatic carbocycles. The number of halogens is 1. The lowest BCUT2D eigenvalue weighted by Gasteiger charge is -2.35. The summed E-state index contributed by atoms with van der Waals surface area (Å²) in [5.74, 6) is 0.668. The molecule has 1 aromatic heterocycles. The van der Waals surface area contributed by atoms with Crippen molar-refractivity contribution in [3.8, 4) is 0 Å². The van der Waals surface area contributed by atoms with E-state index in [2.05, 4.69) is 22.8 Å². The number of hydrogen-bond donors (Lipinski definition) is 0. The topological polar surface area (TPSA) is 27.1 Å². The summed E-state index contributed by atoms with van der Waals surface area (Å²) in [5, 5.41) is 4.49. The number of ether oxygens (including phenoxy) is 1. The van der Waals surface area contributed by atoms with Crippen molar-refractivity contribution in [3.63, 3.8) is 0 Å². The molecule has 0 aliphatic carbocycles. The van der Waals surface area contributed by atoms with Gasteiger partial charge in [-0.3, -0.25) is 4.68 Å². The zero-order valence-corrected chi connectivity index (χ0v) is 11.5. The van der Waals surface area contributed by atoms with E-state index in [1.165, 1.54) is 5.69 Å². The summed E-state index contributed by atoms with van der Waals surface area (Å²) in [7, 11) is 0. The van der Waals surface area contributed by atoms with E-state index in [-0.39, 0.29) is 5.41 Å². The highest BCUT2D eigenvalue weighted by molar-refractivity contribution is 6.18. The minimum Gasteiger partial charge on any atom is -0.381 e. The SMILES string of the molecule is CCn1nc(C)cc1CC1(CCl)CCCOC1. The van der Waals surface area contributed by atoms with Crippen LogP contribution < -0.4 is 0 Å². The van der Waals surface area contributed by atoms with Crippen molar-refractivity contribution < 1.29 is 4.74 Å². The number of rotatable bonds is 4. The van der Waals surface area contributed by atoms with Gasteiger partial charge in [0.2, 0.25) is 0 Å². The van der Waals surface area contributed by atoms with Crippen molar-refractivity contribution in [1.82, 2.24) is 9.78 Å². The standard InChI is InChI=1S/C13H21ClN2O/c1-3-16-12(7-11(2)15-16)8-13(9-14)5-4-6-17-10-13/h7H,3-6,8-10H2,1-2H3. The molecule has 0 amide bonds. The summed E-state index contributed by atoms with van der Waals surface area (Å²) in [6.07, 6.45) is 3.25. The van der Waals surface area contributed by atoms with E-state index in [0.717, 1.165) is 44.7 Å². The van der Waals surface area contributed by atoms with Crippen LogP contribution in [0.25, 0.3) is 0 Å². The van der Waals surface area contributed by atoms with Crippen LogP contribution in [-0.4, -0.2) is 28.9 Å². The first kappa shape index (κ1) is 12.9. The van der Waals surface area contributed by atoms with Gasteiger partial charge in [-0.1, -0.05) is 0 Å². The highest BCUT2D eigenvalue weighted by atomic mass is 35.5. The average Bonchev–Trinajstić information content (AvgIpc) is 2.70. The van der Waals surface area contributed by atoms with Gasteiger partial charge in [-0.15, -0.1) is 11.6 Å². The lowest BCUT2D eigenvalue weighted by Crippen LogP contribution is -2.36. The molecule has 1 fully saturated rings. The highest BCUT2D eigenvalue weighted by Crippen LogP contribution is 2.34. The predicted molar refractivity (Wildman–Crippen MR) is 69.5 cm³/mol. The molecular weight excluding hydrogens is 236 g/mol. The molecule has 0 N–H and O–H groups in total. The summed E-state index contributed by atoms with van der Waals surface area (Å²) >= 11 is 6.18. The van der Waals surface area contributed by atoms with Gasteiger partial charge in [-0.05, 0) is 39.2 Å². The molecule has 1 aliphatic rings. The minimum atomic E-state index is 0.110. The fraction of sp³-hybridized carbons (Fsp3) is 0.769. The van der Waals surface area contributed by atoms with Gasteiger partial charge < -0.3 is 4.74 Å². The van der Waals surface area contributed by atoms with Crippen molar-refractivity contribution in [2.45, 2.75) is 39.7 Å². The van der Waals surface area contributed by atoms with Crippen molar-refractivity contribution in [3.05, 3.63) is 17.5 Å². The Morgan fingerprint density at radius 2 is 2.41 bits per heavy atom. The summed E-state index contributed by atoms with van der Waals surface area (Å²) < 4.78 is 7.70. The van der Waals surface area contributed by atoms with E-state index in [0.29, 0.717) is 5.88 Å².